The summed E-state index contributed by atoms with van der Waals surface area (Å²) in [7, 11) is 0. The summed E-state index contributed by atoms with van der Waals surface area (Å²) in [5.41, 5.74) is 0. The molecule has 1 atom stereocenters. The van der Waals surface area contributed by atoms with Crippen molar-refractivity contribution in [2.24, 2.45) is 11.8 Å². The zero-order valence-corrected chi connectivity index (χ0v) is 16.6. The Bertz CT molecular complexity index is 205. The molecule has 0 amide bonds. The van der Waals surface area contributed by atoms with Crippen LogP contribution in [0.2, 0.25) is 0 Å². The second-order valence-corrected chi connectivity index (χ2v) is 7.20. The SMILES string of the molecule is C1CCC(C2CCCCN2)CC1.CC.CC1CCCCC1.O.O.O. The Balaban J connectivity index is -0.000000324. The lowest BCUT2D eigenvalue weighted by atomic mass is 9.81. The van der Waals surface area contributed by atoms with Crippen LogP contribution in [0.5, 0.6) is 0 Å². The lowest BCUT2D eigenvalue weighted by Crippen LogP contribution is -2.40. The van der Waals surface area contributed by atoms with E-state index in [9.17, 15) is 0 Å². The molecule has 4 nitrogen and oxygen atoms in total. The highest BCUT2D eigenvalue weighted by molar-refractivity contribution is 4.81. The Morgan fingerprint density at radius 1 is 0.583 bits per heavy atom. The minimum Gasteiger partial charge on any atom is -0.412 e. The van der Waals surface area contributed by atoms with E-state index in [-0.39, 0.29) is 16.4 Å². The van der Waals surface area contributed by atoms with Crippen molar-refractivity contribution in [3.63, 3.8) is 0 Å². The van der Waals surface area contributed by atoms with Gasteiger partial charge in [-0.2, -0.15) is 0 Å². The molecule has 7 N–H and O–H groups in total. The Hall–Kier alpha value is -0.160. The molecule has 3 rings (SSSR count). The molecule has 24 heavy (non-hydrogen) atoms. The Labute approximate surface area is 151 Å². The van der Waals surface area contributed by atoms with Crippen LogP contribution in [0.15, 0.2) is 0 Å². The summed E-state index contributed by atoms with van der Waals surface area (Å²) < 4.78 is 0. The smallest absolute Gasteiger partial charge is 0.00953 e. The van der Waals surface area contributed by atoms with E-state index in [0.717, 1.165) is 17.9 Å². The highest BCUT2D eigenvalue weighted by Crippen LogP contribution is 2.29. The molecular formula is C20H47NO3. The molecule has 0 aromatic heterocycles. The minimum absolute atomic E-state index is 0. The minimum atomic E-state index is 0. The number of piperidine rings is 1. The fourth-order valence-electron chi connectivity index (χ4n) is 4.12. The third-order valence-corrected chi connectivity index (χ3v) is 5.46. The number of nitrogens with one attached hydrogen (secondary N) is 1. The first kappa shape index (κ1) is 28.6. The summed E-state index contributed by atoms with van der Waals surface area (Å²) in [4.78, 5) is 0. The summed E-state index contributed by atoms with van der Waals surface area (Å²) in [5.74, 6) is 2.06. The summed E-state index contributed by atoms with van der Waals surface area (Å²) in [6.07, 6.45) is 19.2. The van der Waals surface area contributed by atoms with Crippen LogP contribution in [0.3, 0.4) is 0 Å². The van der Waals surface area contributed by atoms with E-state index in [0.29, 0.717) is 0 Å². The van der Waals surface area contributed by atoms with Crippen molar-refractivity contribution in [3.05, 3.63) is 0 Å². The standard InChI is InChI=1S/C11H21N.C7H14.C2H6.3H2O/c1-2-6-10(7-3-1)11-8-4-5-9-12-11;1-7-5-3-2-4-6-7;1-2;;;/h10-12H,1-9H2;7H,2-6H2,1H3;1-2H3;3*1H2. The van der Waals surface area contributed by atoms with Crippen molar-refractivity contribution in [2.45, 2.75) is 110 Å². The summed E-state index contributed by atoms with van der Waals surface area (Å²) in [6, 6.07) is 0.888. The number of hydrogen-bond donors (Lipinski definition) is 1. The maximum absolute atomic E-state index is 3.69. The Morgan fingerprint density at radius 3 is 1.42 bits per heavy atom. The van der Waals surface area contributed by atoms with Crippen LogP contribution in [-0.2, 0) is 0 Å². The van der Waals surface area contributed by atoms with Gasteiger partial charge in [0.1, 0.15) is 0 Å². The van der Waals surface area contributed by atoms with Crippen LogP contribution in [0.25, 0.3) is 0 Å². The number of hydrogen-bond acceptors (Lipinski definition) is 1. The van der Waals surface area contributed by atoms with Gasteiger partial charge in [-0.05, 0) is 44.1 Å². The van der Waals surface area contributed by atoms with E-state index in [1.165, 1.54) is 90.0 Å². The predicted molar refractivity (Wildman–Crippen MR) is 107 cm³/mol. The molecule has 2 saturated carbocycles. The zero-order chi connectivity index (χ0) is 15.3. The third kappa shape index (κ3) is 12.2. The van der Waals surface area contributed by atoms with Gasteiger partial charge in [0.15, 0.2) is 0 Å². The van der Waals surface area contributed by atoms with Gasteiger partial charge in [-0.3, -0.25) is 0 Å². The first-order valence-corrected chi connectivity index (χ1v) is 10.1. The molecule has 3 aliphatic rings. The van der Waals surface area contributed by atoms with E-state index in [4.69, 9.17) is 0 Å². The molecule has 3 fully saturated rings. The van der Waals surface area contributed by atoms with Crippen molar-refractivity contribution in [1.82, 2.24) is 5.32 Å². The average molecular weight is 350 g/mol. The molecule has 1 aliphatic heterocycles. The van der Waals surface area contributed by atoms with E-state index >= 15 is 0 Å². The molecule has 0 aromatic rings. The van der Waals surface area contributed by atoms with Gasteiger partial charge in [0.25, 0.3) is 0 Å². The first-order valence-electron chi connectivity index (χ1n) is 10.1. The Kier molecular flexibility index (Phi) is 22.9. The molecule has 1 heterocycles. The molecule has 0 aromatic carbocycles. The lowest BCUT2D eigenvalue weighted by Gasteiger charge is -2.33. The van der Waals surface area contributed by atoms with Gasteiger partial charge in [0.2, 0.25) is 0 Å². The van der Waals surface area contributed by atoms with Crippen molar-refractivity contribution in [2.75, 3.05) is 6.54 Å². The molecule has 0 spiro atoms. The largest absolute Gasteiger partial charge is 0.412 e. The summed E-state index contributed by atoms with van der Waals surface area (Å²) in [6.45, 7) is 7.64. The topological polar surface area (TPSA) is 107 Å². The molecule has 0 radical (unpaired) electrons. The quantitative estimate of drug-likeness (QED) is 0.762. The summed E-state index contributed by atoms with van der Waals surface area (Å²) >= 11 is 0. The molecule has 0 bridgehead atoms. The fraction of sp³-hybridized carbons (Fsp3) is 1.00. The zero-order valence-electron chi connectivity index (χ0n) is 16.6. The average Bonchev–Trinajstić information content (AvgIpc) is 2.60. The van der Waals surface area contributed by atoms with Crippen molar-refractivity contribution in [1.29, 1.82) is 0 Å². The van der Waals surface area contributed by atoms with Crippen LogP contribution < -0.4 is 5.32 Å². The maximum atomic E-state index is 3.69. The Morgan fingerprint density at radius 2 is 1.04 bits per heavy atom. The van der Waals surface area contributed by atoms with Crippen LogP contribution in [-0.4, -0.2) is 29.0 Å². The number of rotatable bonds is 1. The first-order chi connectivity index (χ1) is 10.4. The van der Waals surface area contributed by atoms with Gasteiger partial charge < -0.3 is 21.7 Å². The van der Waals surface area contributed by atoms with Crippen LogP contribution >= 0.6 is 0 Å². The molecular weight excluding hydrogens is 302 g/mol. The van der Waals surface area contributed by atoms with Crippen LogP contribution in [0.1, 0.15) is 104 Å². The maximum Gasteiger partial charge on any atom is 0.00953 e. The van der Waals surface area contributed by atoms with E-state index in [2.05, 4.69) is 12.2 Å². The highest BCUT2D eigenvalue weighted by Gasteiger charge is 2.24. The molecule has 1 unspecified atom stereocenters. The summed E-state index contributed by atoms with van der Waals surface area (Å²) in [5, 5.41) is 3.69. The predicted octanol–water partition coefficient (Wildman–Crippen LogP) is 3.85. The molecule has 4 heteroatoms. The van der Waals surface area contributed by atoms with Crippen LogP contribution in [0.4, 0.5) is 0 Å². The normalized spacial score (nSPS) is 24.4. The monoisotopic (exact) mass is 349 g/mol. The molecule has 2 aliphatic carbocycles. The van der Waals surface area contributed by atoms with Crippen molar-refractivity contribution in [3.8, 4) is 0 Å². The fourth-order valence-corrected chi connectivity index (χ4v) is 4.12. The lowest BCUT2D eigenvalue weighted by molar-refractivity contribution is 0.235. The molecule has 150 valence electrons. The second kappa shape index (κ2) is 19.2. The van der Waals surface area contributed by atoms with Gasteiger partial charge in [0.05, 0.1) is 0 Å². The van der Waals surface area contributed by atoms with E-state index in [1.54, 1.807) is 0 Å². The van der Waals surface area contributed by atoms with Gasteiger partial charge >= 0.3 is 0 Å². The van der Waals surface area contributed by atoms with Crippen molar-refractivity contribution >= 4 is 0 Å². The second-order valence-electron chi connectivity index (χ2n) is 7.20. The third-order valence-electron chi connectivity index (χ3n) is 5.46. The van der Waals surface area contributed by atoms with Gasteiger partial charge in [0, 0.05) is 6.04 Å². The van der Waals surface area contributed by atoms with Gasteiger partial charge in [-0.25, -0.2) is 0 Å². The van der Waals surface area contributed by atoms with E-state index in [1.807, 2.05) is 13.8 Å². The highest BCUT2D eigenvalue weighted by atomic mass is 16.0. The van der Waals surface area contributed by atoms with Crippen LogP contribution in [0, 0.1) is 11.8 Å². The van der Waals surface area contributed by atoms with Crippen molar-refractivity contribution < 1.29 is 16.4 Å². The van der Waals surface area contributed by atoms with E-state index < -0.39 is 0 Å². The van der Waals surface area contributed by atoms with Gasteiger partial charge in [-0.1, -0.05) is 78.6 Å². The van der Waals surface area contributed by atoms with Gasteiger partial charge in [-0.15, -0.1) is 0 Å². The molecule has 1 saturated heterocycles.